The van der Waals surface area contributed by atoms with Crippen LogP contribution in [0.5, 0.6) is 0 Å². The number of hydrogen-bond acceptors (Lipinski definition) is 5. The largest absolute Gasteiger partial charge is 0.465 e. The summed E-state index contributed by atoms with van der Waals surface area (Å²) in [4.78, 5) is 21.3. The number of hydrogen-bond donors (Lipinski definition) is 2. The van der Waals surface area contributed by atoms with Gasteiger partial charge in [0.05, 0.1) is 18.3 Å². The van der Waals surface area contributed by atoms with Gasteiger partial charge >= 0.3 is 6.09 Å². The van der Waals surface area contributed by atoms with E-state index in [1.807, 2.05) is 6.20 Å². The van der Waals surface area contributed by atoms with E-state index in [2.05, 4.69) is 22.2 Å². The van der Waals surface area contributed by atoms with Crippen molar-refractivity contribution < 1.29 is 14.6 Å². The molecule has 0 radical (unpaired) electrons. The van der Waals surface area contributed by atoms with E-state index in [1.165, 1.54) is 4.90 Å². The molecule has 1 fully saturated rings. The lowest BCUT2D eigenvalue weighted by Crippen LogP contribution is -2.36. The van der Waals surface area contributed by atoms with Crippen molar-refractivity contribution in [1.82, 2.24) is 14.9 Å². The maximum atomic E-state index is 11.1. The molecule has 2 aliphatic rings. The molecule has 0 bridgehead atoms. The van der Waals surface area contributed by atoms with E-state index in [1.54, 1.807) is 0 Å². The van der Waals surface area contributed by atoms with Gasteiger partial charge in [0.15, 0.2) is 0 Å². The van der Waals surface area contributed by atoms with E-state index < -0.39 is 6.09 Å². The average molecular weight is 292 g/mol. The predicted molar refractivity (Wildman–Crippen MR) is 76.2 cm³/mol. The van der Waals surface area contributed by atoms with Crippen molar-refractivity contribution in [3.63, 3.8) is 0 Å². The number of nitrogens with zero attached hydrogens (tertiary/aromatic N) is 3. The van der Waals surface area contributed by atoms with Crippen LogP contribution in [0, 0.1) is 0 Å². The SMILES string of the molecule is CC1CC(Nc2ncc3c(n2)CN(C(=O)O)CC3)CCO1. The standard InChI is InChI=1S/C14H20N4O3/c1-9-6-11(3-5-21-9)16-13-15-7-10-2-4-18(14(19)20)8-12(10)17-13/h7,9,11H,2-6,8H2,1H3,(H,19,20)(H,15,16,17). The first-order valence-electron chi connectivity index (χ1n) is 7.32. The Balaban J connectivity index is 1.70. The lowest BCUT2D eigenvalue weighted by Gasteiger charge is -2.29. The van der Waals surface area contributed by atoms with Crippen LogP contribution in [0.3, 0.4) is 0 Å². The molecular formula is C14H20N4O3. The Bertz CT molecular complexity index is 537. The monoisotopic (exact) mass is 292 g/mol. The first kappa shape index (κ1) is 14.1. The van der Waals surface area contributed by atoms with Crippen LogP contribution in [0.15, 0.2) is 6.20 Å². The minimum atomic E-state index is -0.896. The third kappa shape index (κ3) is 3.24. The summed E-state index contributed by atoms with van der Waals surface area (Å²) in [6.45, 7) is 3.66. The molecule has 21 heavy (non-hydrogen) atoms. The maximum Gasteiger partial charge on any atom is 0.407 e. The molecule has 114 valence electrons. The molecule has 0 saturated carbocycles. The average Bonchev–Trinajstić information content (AvgIpc) is 2.46. The van der Waals surface area contributed by atoms with Crippen molar-refractivity contribution in [1.29, 1.82) is 0 Å². The van der Waals surface area contributed by atoms with Gasteiger partial charge in [0, 0.05) is 25.4 Å². The van der Waals surface area contributed by atoms with Crippen molar-refractivity contribution in [3.05, 3.63) is 17.5 Å². The van der Waals surface area contributed by atoms with Crippen molar-refractivity contribution >= 4 is 12.0 Å². The number of nitrogens with one attached hydrogen (secondary N) is 1. The topological polar surface area (TPSA) is 87.6 Å². The zero-order valence-electron chi connectivity index (χ0n) is 12.1. The van der Waals surface area contributed by atoms with Crippen LogP contribution in [0.25, 0.3) is 0 Å². The molecular weight excluding hydrogens is 272 g/mol. The van der Waals surface area contributed by atoms with E-state index in [0.29, 0.717) is 31.5 Å². The van der Waals surface area contributed by atoms with Crippen molar-refractivity contribution in [2.45, 2.75) is 44.9 Å². The number of fused-ring (bicyclic) bond motifs is 1. The molecule has 3 heterocycles. The van der Waals surface area contributed by atoms with E-state index in [9.17, 15) is 4.79 Å². The number of rotatable bonds is 2. The summed E-state index contributed by atoms with van der Waals surface area (Å²) >= 11 is 0. The Morgan fingerprint density at radius 2 is 2.43 bits per heavy atom. The molecule has 1 aromatic heterocycles. The fourth-order valence-corrected chi connectivity index (χ4v) is 2.85. The fourth-order valence-electron chi connectivity index (χ4n) is 2.85. The fraction of sp³-hybridized carbons (Fsp3) is 0.643. The third-order valence-corrected chi connectivity index (χ3v) is 4.03. The lowest BCUT2D eigenvalue weighted by atomic mass is 10.0. The van der Waals surface area contributed by atoms with Gasteiger partial charge in [-0.1, -0.05) is 0 Å². The summed E-state index contributed by atoms with van der Waals surface area (Å²) < 4.78 is 5.52. The van der Waals surface area contributed by atoms with Gasteiger partial charge in [0.2, 0.25) is 5.95 Å². The Morgan fingerprint density at radius 3 is 3.19 bits per heavy atom. The Morgan fingerprint density at radius 1 is 1.57 bits per heavy atom. The second-order valence-electron chi connectivity index (χ2n) is 5.67. The van der Waals surface area contributed by atoms with Gasteiger partial charge in [-0.2, -0.15) is 0 Å². The van der Waals surface area contributed by atoms with Crippen molar-refractivity contribution in [3.8, 4) is 0 Å². The Hall–Kier alpha value is -1.89. The minimum Gasteiger partial charge on any atom is -0.465 e. The second kappa shape index (κ2) is 5.85. The van der Waals surface area contributed by atoms with Crippen molar-refractivity contribution in [2.24, 2.45) is 0 Å². The van der Waals surface area contributed by atoms with Gasteiger partial charge in [0.25, 0.3) is 0 Å². The minimum absolute atomic E-state index is 0.247. The first-order valence-corrected chi connectivity index (χ1v) is 7.32. The van der Waals surface area contributed by atoms with Gasteiger partial charge < -0.3 is 20.1 Å². The number of aromatic nitrogens is 2. The molecule has 0 aliphatic carbocycles. The normalized spacial score (nSPS) is 25.3. The number of carboxylic acid groups (broad SMARTS) is 1. The number of amides is 1. The molecule has 2 unspecified atom stereocenters. The predicted octanol–water partition coefficient (Wildman–Crippen LogP) is 1.49. The van der Waals surface area contributed by atoms with Gasteiger partial charge in [-0.05, 0) is 31.7 Å². The highest BCUT2D eigenvalue weighted by Crippen LogP contribution is 2.20. The number of carbonyl (C=O) groups is 1. The quantitative estimate of drug-likeness (QED) is 0.858. The molecule has 1 amide bonds. The molecule has 0 spiro atoms. The van der Waals surface area contributed by atoms with Crippen LogP contribution in [0.1, 0.15) is 31.0 Å². The molecule has 7 heteroatoms. The van der Waals surface area contributed by atoms with Crippen LogP contribution >= 0.6 is 0 Å². The molecule has 1 aromatic rings. The smallest absolute Gasteiger partial charge is 0.407 e. The Labute approximate surface area is 123 Å². The summed E-state index contributed by atoms with van der Waals surface area (Å²) in [6.07, 6.45) is 3.71. The van der Waals surface area contributed by atoms with E-state index >= 15 is 0 Å². The van der Waals surface area contributed by atoms with E-state index in [0.717, 1.165) is 30.7 Å². The molecule has 7 nitrogen and oxygen atoms in total. The molecule has 2 atom stereocenters. The van der Waals surface area contributed by atoms with Gasteiger partial charge in [-0.3, -0.25) is 0 Å². The van der Waals surface area contributed by atoms with Crippen LogP contribution in [-0.4, -0.2) is 51.4 Å². The van der Waals surface area contributed by atoms with Crippen LogP contribution in [0.4, 0.5) is 10.7 Å². The van der Waals surface area contributed by atoms with Crippen LogP contribution in [-0.2, 0) is 17.7 Å². The summed E-state index contributed by atoms with van der Waals surface area (Å²) in [5.41, 5.74) is 1.85. The highest BCUT2D eigenvalue weighted by molar-refractivity contribution is 5.65. The van der Waals surface area contributed by atoms with Crippen LogP contribution in [0.2, 0.25) is 0 Å². The van der Waals surface area contributed by atoms with Crippen molar-refractivity contribution in [2.75, 3.05) is 18.5 Å². The molecule has 1 saturated heterocycles. The summed E-state index contributed by atoms with van der Waals surface area (Å²) in [6, 6.07) is 0.311. The molecule has 0 aromatic carbocycles. The summed E-state index contributed by atoms with van der Waals surface area (Å²) in [7, 11) is 0. The van der Waals surface area contributed by atoms with E-state index in [4.69, 9.17) is 9.84 Å². The van der Waals surface area contributed by atoms with E-state index in [-0.39, 0.29) is 6.10 Å². The third-order valence-electron chi connectivity index (χ3n) is 4.03. The second-order valence-corrected chi connectivity index (χ2v) is 5.67. The molecule has 3 rings (SSSR count). The first-order chi connectivity index (χ1) is 10.1. The maximum absolute atomic E-state index is 11.1. The van der Waals surface area contributed by atoms with Crippen LogP contribution < -0.4 is 5.32 Å². The lowest BCUT2D eigenvalue weighted by molar-refractivity contribution is 0.0231. The Kier molecular flexibility index (Phi) is 3.92. The molecule has 2 N–H and O–H groups in total. The zero-order chi connectivity index (χ0) is 14.8. The van der Waals surface area contributed by atoms with Gasteiger partial charge in [-0.25, -0.2) is 14.8 Å². The number of anilines is 1. The highest BCUT2D eigenvalue weighted by Gasteiger charge is 2.23. The summed E-state index contributed by atoms with van der Waals surface area (Å²) in [5, 5.41) is 12.4. The van der Waals surface area contributed by atoms with Gasteiger partial charge in [0.1, 0.15) is 0 Å². The number of ether oxygens (including phenoxy) is 1. The highest BCUT2D eigenvalue weighted by atomic mass is 16.5. The zero-order valence-corrected chi connectivity index (χ0v) is 12.1. The molecule has 2 aliphatic heterocycles. The van der Waals surface area contributed by atoms with Gasteiger partial charge in [-0.15, -0.1) is 0 Å². The summed E-state index contributed by atoms with van der Waals surface area (Å²) in [5.74, 6) is 0.583.